The van der Waals surface area contributed by atoms with Crippen LogP contribution in [0.1, 0.15) is 24.0 Å². The maximum absolute atomic E-state index is 12.9. The second kappa shape index (κ2) is 11.3. The van der Waals surface area contributed by atoms with Gasteiger partial charge in [-0.25, -0.2) is 8.42 Å². The molecule has 2 heterocycles. The highest BCUT2D eigenvalue weighted by Gasteiger charge is 2.40. The van der Waals surface area contributed by atoms with Crippen molar-refractivity contribution < 1.29 is 35.9 Å². The van der Waals surface area contributed by atoms with Gasteiger partial charge in [0, 0.05) is 19.2 Å². The topological polar surface area (TPSA) is 84.9 Å². The third kappa shape index (κ3) is 7.16. The van der Waals surface area contributed by atoms with Gasteiger partial charge in [-0.05, 0) is 48.2 Å². The zero-order valence-corrected chi connectivity index (χ0v) is 21.6. The summed E-state index contributed by atoms with van der Waals surface area (Å²) in [5, 5.41) is 2.80. The highest BCUT2D eigenvalue weighted by atomic mass is 35.5. The number of thiophene rings is 1. The molecule has 13 heteroatoms. The molecule has 1 aliphatic rings. The SMILES string of the molecule is O=C(NCc1ccc(COc2cccc(OC(F)(F)F)c2)cc1)[C@@H]1CCCN1S(=O)(=O)c1ccc(Cl)s1. The van der Waals surface area contributed by atoms with Crippen LogP contribution in [0.15, 0.2) is 64.9 Å². The fraction of sp³-hybridized carbons (Fsp3) is 0.292. The van der Waals surface area contributed by atoms with Crippen LogP contribution in [0.4, 0.5) is 13.2 Å². The molecule has 1 N–H and O–H groups in total. The predicted molar refractivity (Wildman–Crippen MR) is 132 cm³/mol. The fourth-order valence-corrected chi connectivity index (χ4v) is 7.10. The van der Waals surface area contributed by atoms with Crippen molar-refractivity contribution in [2.75, 3.05) is 6.54 Å². The molecule has 0 spiro atoms. The van der Waals surface area contributed by atoms with Gasteiger partial charge in [-0.3, -0.25) is 4.79 Å². The Kier molecular flexibility index (Phi) is 8.32. The van der Waals surface area contributed by atoms with Crippen LogP contribution in [0.3, 0.4) is 0 Å². The minimum absolute atomic E-state index is 0.106. The van der Waals surface area contributed by atoms with Crippen LogP contribution in [0, 0.1) is 0 Å². The smallest absolute Gasteiger partial charge is 0.489 e. The lowest BCUT2D eigenvalue weighted by molar-refractivity contribution is -0.274. The van der Waals surface area contributed by atoms with E-state index in [-0.39, 0.29) is 41.3 Å². The Morgan fingerprint density at radius 2 is 1.78 bits per heavy atom. The summed E-state index contributed by atoms with van der Waals surface area (Å²) < 4.78 is 74.2. The molecule has 37 heavy (non-hydrogen) atoms. The van der Waals surface area contributed by atoms with Gasteiger partial charge < -0.3 is 14.8 Å². The number of hydrogen-bond acceptors (Lipinski definition) is 6. The Morgan fingerprint density at radius 1 is 1.08 bits per heavy atom. The standard InChI is InChI=1S/C24H22ClF3N2O5S2/c25-21-10-11-22(36-21)37(32,33)30-12-2-5-20(30)23(31)29-14-16-6-8-17(9-7-16)15-34-18-3-1-4-19(13-18)35-24(26,27)28/h1,3-4,6-11,13,20H,2,5,12,14-15H2,(H,29,31)/t20-/m0/s1. The summed E-state index contributed by atoms with van der Waals surface area (Å²) in [6, 6.07) is 14.5. The first kappa shape index (κ1) is 27.2. The summed E-state index contributed by atoms with van der Waals surface area (Å²) in [5.41, 5.74) is 1.55. The van der Waals surface area contributed by atoms with Crippen LogP contribution in [0.2, 0.25) is 4.34 Å². The lowest BCUT2D eigenvalue weighted by atomic mass is 10.1. The monoisotopic (exact) mass is 574 g/mol. The van der Waals surface area contributed by atoms with Crippen LogP contribution >= 0.6 is 22.9 Å². The summed E-state index contributed by atoms with van der Waals surface area (Å²) in [6.45, 7) is 0.575. The van der Waals surface area contributed by atoms with Gasteiger partial charge >= 0.3 is 6.36 Å². The molecule has 1 aromatic heterocycles. The molecule has 7 nitrogen and oxygen atoms in total. The highest BCUT2D eigenvalue weighted by Crippen LogP contribution is 2.32. The van der Waals surface area contributed by atoms with Gasteiger partial charge in [0.2, 0.25) is 5.91 Å². The van der Waals surface area contributed by atoms with Gasteiger partial charge in [0.15, 0.2) is 0 Å². The number of carbonyl (C=O) groups is 1. The van der Waals surface area contributed by atoms with Gasteiger partial charge in [-0.15, -0.1) is 24.5 Å². The fourth-order valence-electron chi connectivity index (χ4n) is 3.83. The van der Waals surface area contributed by atoms with E-state index in [1.807, 2.05) is 0 Å². The van der Waals surface area contributed by atoms with E-state index in [0.29, 0.717) is 17.2 Å². The van der Waals surface area contributed by atoms with Crippen molar-refractivity contribution in [2.45, 2.75) is 42.6 Å². The van der Waals surface area contributed by atoms with E-state index in [0.717, 1.165) is 28.5 Å². The number of carbonyl (C=O) groups excluding carboxylic acids is 1. The summed E-state index contributed by atoms with van der Waals surface area (Å²) >= 11 is 6.84. The predicted octanol–water partition coefficient (Wildman–Crippen LogP) is 5.35. The first-order chi connectivity index (χ1) is 17.5. The van der Waals surface area contributed by atoms with Gasteiger partial charge in [0.1, 0.15) is 28.4 Å². The molecular weight excluding hydrogens is 553 g/mol. The molecule has 0 aliphatic carbocycles. The molecule has 3 aromatic rings. The minimum atomic E-state index is -4.79. The molecule has 4 rings (SSSR count). The zero-order chi connectivity index (χ0) is 26.6. The van der Waals surface area contributed by atoms with Crippen molar-refractivity contribution in [2.24, 2.45) is 0 Å². The Labute approximate surface area is 220 Å². The number of benzene rings is 2. The Balaban J connectivity index is 1.30. The van der Waals surface area contributed by atoms with Gasteiger partial charge in [-0.2, -0.15) is 4.31 Å². The number of rotatable bonds is 9. The lowest BCUT2D eigenvalue weighted by Crippen LogP contribution is -2.45. The molecule has 0 radical (unpaired) electrons. The maximum atomic E-state index is 12.9. The van der Waals surface area contributed by atoms with E-state index in [4.69, 9.17) is 16.3 Å². The first-order valence-corrected chi connectivity index (χ1v) is 13.8. The van der Waals surface area contributed by atoms with E-state index in [1.54, 1.807) is 24.3 Å². The summed E-state index contributed by atoms with van der Waals surface area (Å²) in [6.07, 6.45) is -3.78. The number of nitrogens with zero attached hydrogens (tertiary/aromatic N) is 1. The van der Waals surface area contributed by atoms with E-state index < -0.39 is 22.4 Å². The van der Waals surface area contributed by atoms with Gasteiger partial charge in [-0.1, -0.05) is 41.9 Å². The van der Waals surface area contributed by atoms with Crippen LogP contribution in [-0.4, -0.2) is 37.6 Å². The van der Waals surface area contributed by atoms with E-state index in [9.17, 15) is 26.4 Å². The third-order valence-corrected chi connectivity index (χ3v) is 9.16. The Bertz CT molecular complexity index is 1350. The summed E-state index contributed by atoms with van der Waals surface area (Å²) in [4.78, 5) is 12.8. The molecule has 1 atom stereocenters. The highest BCUT2D eigenvalue weighted by molar-refractivity contribution is 7.91. The molecule has 1 fully saturated rings. The van der Waals surface area contributed by atoms with Crippen molar-refractivity contribution in [1.82, 2.24) is 9.62 Å². The number of sulfonamides is 1. The second-order valence-electron chi connectivity index (χ2n) is 8.18. The quantitative estimate of drug-likeness (QED) is 0.372. The Morgan fingerprint density at radius 3 is 2.46 bits per heavy atom. The zero-order valence-electron chi connectivity index (χ0n) is 19.2. The van der Waals surface area contributed by atoms with Gasteiger partial charge in [0.25, 0.3) is 10.0 Å². The van der Waals surface area contributed by atoms with E-state index in [2.05, 4.69) is 10.1 Å². The maximum Gasteiger partial charge on any atom is 0.573 e. The van der Waals surface area contributed by atoms with Crippen molar-refractivity contribution >= 4 is 38.9 Å². The van der Waals surface area contributed by atoms with Crippen molar-refractivity contribution in [3.8, 4) is 11.5 Å². The number of nitrogens with one attached hydrogen (secondary N) is 1. The molecule has 198 valence electrons. The molecule has 1 amide bonds. The van der Waals surface area contributed by atoms with Crippen molar-refractivity contribution in [3.05, 3.63) is 76.1 Å². The largest absolute Gasteiger partial charge is 0.573 e. The average Bonchev–Trinajstić information content (AvgIpc) is 3.51. The Hall–Kier alpha value is -2.80. The second-order valence-corrected chi connectivity index (χ2v) is 12.0. The van der Waals surface area contributed by atoms with Crippen molar-refractivity contribution in [1.29, 1.82) is 0 Å². The molecule has 2 aromatic carbocycles. The van der Waals surface area contributed by atoms with Crippen LogP contribution < -0.4 is 14.8 Å². The number of halogens is 4. The molecule has 0 saturated carbocycles. The summed E-state index contributed by atoms with van der Waals surface area (Å²) in [7, 11) is -3.81. The first-order valence-electron chi connectivity index (χ1n) is 11.1. The molecule has 0 unspecified atom stereocenters. The molecular formula is C24H22ClF3N2O5S2. The van der Waals surface area contributed by atoms with Gasteiger partial charge in [0.05, 0.1) is 4.34 Å². The lowest BCUT2D eigenvalue weighted by Gasteiger charge is -2.22. The molecule has 1 aliphatic heterocycles. The normalized spacial score (nSPS) is 16.5. The van der Waals surface area contributed by atoms with Crippen molar-refractivity contribution in [3.63, 3.8) is 0 Å². The average molecular weight is 575 g/mol. The molecule has 1 saturated heterocycles. The molecule has 0 bridgehead atoms. The number of hydrogen-bond donors (Lipinski definition) is 1. The van der Waals surface area contributed by atoms with Crippen LogP contribution in [0.25, 0.3) is 0 Å². The number of ether oxygens (including phenoxy) is 2. The van der Waals surface area contributed by atoms with Crippen LogP contribution in [-0.2, 0) is 28.0 Å². The summed E-state index contributed by atoms with van der Waals surface area (Å²) in [5.74, 6) is -0.528. The number of alkyl halides is 3. The minimum Gasteiger partial charge on any atom is -0.489 e. The van der Waals surface area contributed by atoms with E-state index in [1.165, 1.54) is 34.6 Å². The number of amides is 1. The van der Waals surface area contributed by atoms with E-state index >= 15 is 0 Å². The third-order valence-electron chi connectivity index (χ3n) is 5.55. The van der Waals surface area contributed by atoms with Crippen LogP contribution in [0.5, 0.6) is 11.5 Å².